The van der Waals surface area contributed by atoms with E-state index in [0.717, 1.165) is 0 Å². The van der Waals surface area contributed by atoms with E-state index < -0.39 is 58.8 Å². The van der Waals surface area contributed by atoms with Crippen LogP contribution in [0.1, 0.15) is 39.2 Å². The van der Waals surface area contributed by atoms with E-state index in [1.165, 1.54) is 0 Å². The SMILES string of the molecule is [2H]/C(C1=C(C(C)(C)C)NC(=C)N1)=C1/NC(=O)C(c2c([2H])c([2H])c(F)c([2H])c2[2H])NC1=O. The predicted octanol–water partition coefficient (Wildman–Crippen LogP) is 1.92. The fraction of sp³-hybridized carbons (Fsp3) is 0.263. The van der Waals surface area contributed by atoms with Crippen LogP contribution in [-0.2, 0) is 9.59 Å². The zero-order valence-corrected chi connectivity index (χ0v) is 14.5. The van der Waals surface area contributed by atoms with Gasteiger partial charge in [0.2, 0.25) is 0 Å². The highest BCUT2D eigenvalue weighted by molar-refractivity contribution is 6.05. The van der Waals surface area contributed by atoms with Crippen LogP contribution in [0.4, 0.5) is 4.39 Å². The van der Waals surface area contributed by atoms with Crippen LogP contribution >= 0.6 is 0 Å². The number of benzene rings is 1. The molecule has 0 spiro atoms. The molecular weight excluding hydrogens is 335 g/mol. The van der Waals surface area contributed by atoms with E-state index in [1.807, 2.05) is 20.8 Å². The van der Waals surface area contributed by atoms with Gasteiger partial charge in [-0.15, -0.1) is 0 Å². The van der Waals surface area contributed by atoms with Crippen LogP contribution in [0.3, 0.4) is 0 Å². The van der Waals surface area contributed by atoms with Crippen LogP contribution in [0.2, 0.25) is 0 Å². The molecule has 0 aromatic heterocycles. The lowest BCUT2D eigenvalue weighted by atomic mass is 9.90. The molecule has 1 unspecified atom stereocenters. The minimum absolute atomic E-state index is 0.257. The molecule has 2 heterocycles. The summed E-state index contributed by atoms with van der Waals surface area (Å²) >= 11 is 0. The third-order valence-corrected chi connectivity index (χ3v) is 3.72. The number of nitrogens with one attached hydrogen (secondary N) is 4. The van der Waals surface area contributed by atoms with Crippen molar-refractivity contribution in [3.63, 3.8) is 0 Å². The van der Waals surface area contributed by atoms with E-state index in [9.17, 15) is 14.0 Å². The van der Waals surface area contributed by atoms with Crippen molar-refractivity contribution >= 4 is 11.8 Å². The molecule has 0 radical (unpaired) electrons. The molecule has 2 amide bonds. The monoisotopic (exact) mass is 361 g/mol. The Morgan fingerprint density at radius 3 is 2.46 bits per heavy atom. The Balaban J connectivity index is 2.05. The van der Waals surface area contributed by atoms with Gasteiger partial charge in [-0.2, -0.15) is 0 Å². The lowest BCUT2D eigenvalue weighted by molar-refractivity contribution is -0.131. The first-order chi connectivity index (χ1) is 14.3. The average molecular weight is 361 g/mol. The van der Waals surface area contributed by atoms with Crippen molar-refractivity contribution in [3.05, 3.63) is 71.1 Å². The summed E-state index contributed by atoms with van der Waals surface area (Å²) in [5, 5.41) is 10.5. The third-order valence-electron chi connectivity index (χ3n) is 3.72. The number of rotatable bonds is 2. The molecule has 136 valence electrons. The first kappa shape index (κ1) is 12.3. The van der Waals surface area contributed by atoms with E-state index in [4.69, 9.17) is 6.85 Å². The Morgan fingerprint density at radius 2 is 1.85 bits per heavy atom. The molecule has 26 heavy (non-hydrogen) atoms. The molecule has 1 saturated heterocycles. The molecule has 3 rings (SSSR count). The summed E-state index contributed by atoms with van der Waals surface area (Å²) < 4.78 is 53.3. The van der Waals surface area contributed by atoms with Crippen LogP contribution in [0.15, 0.2) is 59.7 Å². The molecule has 1 atom stereocenters. The van der Waals surface area contributed by atoms with Crippen molar-refractivity contribution in [1.29, 1.82) is 0 Å². The van der Waals surface area contributed by atoms with Gasteiger partial charge in [0.15, 0.2) is 0 Å². The zero-order chi connectivity index (χ0) is 23.4. The largest absolute Gasteiger partial charge is 0.344 e. The fourth-order valence-corrected chi connectivity index (χ4v) is 2.50. The summed E-state index contributed by atoms with van der Waals surface area (Å²) in [5.74, 6) is -2.69. The number of piperazine rings is 1. The van der Waals surface area contributed by atoms with E-state index in [-0.39, 0.29) is 17.4 Å². The van der Waals surface area contributed by atoms with E-state index >= 15 is 0 Å². The summed E-state index contributed by atoms with van der Waals surface area (Å²) in [6.07, 6.45) is 0. The minimum Gasteiger partial charge on any atom is -0.344 e. The van der Waals surface area contributed by atoms with Gasteiger partial charge in [0, 0.05) is 11.1 Å². The molecule has 1 fully saturated rings. The van der Waals surface area contributed by atoms with Crippen LogP contribution in [-0.4, -0.2) is 11.8 Å². The molecule has 2 aliphatic rings. The number of carbonyl (C=O) groups is 2. The number of hydrogen-bond acceptors (Lipinski definition) is 4. The summed E-state index contributed by atoms with van der Waals surface area (Å²) in [5.41, 5.74) is -0.407. The predicted molar refractivity (Wildman–Crippen MR) is 95.4 cm³/mol. The first-order valence-corrected chi connectivity index (χ1v) is 7.82. The van der Waals surface area contributed by atoms with E-state index in [1.54, 1.807) is 0 Å². The van der Waals surface area contributed by atoms with Crippen LogP contribution in [0.5, 0.6) is 0 Å². The van der Waals surface area contributed by atoms with E-state index in [0.29, 0.717) is 11.5 Å². The van der Waals surface area contributed by atoms with Crippen molar-refractivity contribution in [2.24, 2.45) is 5.41 Å². The molecule has 6 nitrogen and oxygen atoms in total. The molecule has 0 saturated carbocycles. The Hall–Kier alpha value is -3.09. The fourth-order valence-electron chi connectivity index (χ4n) is 2.50. The molecule has 1 aromatic rings. The smallest absolute Gasteiger partial charge is 0.268 e. The topological polar surface area (TPSA) is 82.3 Å². The maximum Gasteiger partial charge on any atom is 0.268 e. The van der Waals surface area contributed by atoms with Gasteiger partial charge >= 0.3 is 0 Å². The maximum absolute atomic E-state index is 13.8. The summed E-state index contributed by atoms with van der Waals surface area (Å²) in [4.78, 5) is 25.5. The minimum atomic E-state index is -1.58. The van der Waals surface area contributed by atoms with Crippen molar-refractivity contribution in [2.45, 2.75) is 26.8 Å². The highest BCUT2D eigenvalue weighted by Gasteiger charge is 2.32. The zero-order valence-electron chi connectivity index (χ0n) is 19.5. The Labute approximate surface area is 158 Å². The van der Waals surface area contributed by atoms with Gasteiger partial charge < -0.3 is 21.3 Å². The maximum atomic E-state index is 13.8. The highest BCUT2D eigenvalue weighted by Crippen LogP contribution is 2.30. The quantitative estimate of drug-likeness (QED) is 0.607. The van der Waals surface area contributed by atoms with Gasteiger partial charge in [0.05, 0.1) is 12.6 Å². The second-order valence-corrected chi connectivity index (χ2v) is 6.85. The molecule has 4 N–H and O–H groups in total. The third kappa shape index (κ3) is 3.46. The first-order valence-electron chi connectivity index (χ1n) is 10.3. The second kappa shape index (κ2) is 6.33. The molecular formula is C19H21FN4O2. The molecule has 0 bridgehead atoms. The van der Waals surface area contributed by atoms with Crippen molar-refractivity contribution in [2.75, 3.05) is 0 Å². The van der Waals surface area contributed by atoms with Gasteiger partial charge in [-0.05, 0) is 23.7 Å². The Bertz CT molecular complexity index is 1080. The number of halogens is 1. The standard InChI is InChI=1S/C19H21FN4O2/c1-10-21-13(16(22-10)19(2,3)4)9-14-17(25)24-15(18(26)23-14)11-5-7-12(20)8-6-11/h5-9,15,21-22H,1H2,2-4H3,(H,23,26)(H,24,25)/b14-9-/i5D,6D,7D,8D,9D. The summed E-state index contributed by atoms with van der Waals surface area (Å²) in [6.45, 7) is 9.43. The molecule has 7 heteroatoms. The van der Waals surface area contributed by atoms with Crippen molar-refractivity contribution < 1.29 is 20.8 Å². The Kier molecular flexibility index (Phi) is 2.99. The lowest BCUT2D eigenvalue weighted by Gasteiger charge is -2.26. The summed E-state index contributed by atoms with van der Waals surface area (Å²) in [7, 11) is 0. The molecule has 2 aliphatic heterocycles. The van der Waals surface area contributed by atoms with Gasteiger partial charge in [0.1, 0.15) is 23.4 Å². The number of allylic oxidation sites excluding steroid dienone is 2. The van der Waals surface area contributed by atoms with E-state index in [2.05, 4.69) is 27.8 Å². The van der Waals surface area contributed by atoms with Crippen LogP contribution in [0.25, 0.3) is 0 Å². The van der Waals surface area contributed by atoms with Gasteiger partial charge in [-0.1, -0.05) is 39.4 Å². The van der Waals surface area contributed by atoms with Gasteiger partial charge in [-0.3, -0.25) is 9.59 Å². The van der Waals surface area contributed by atoms with Gasteiger partial charge in [-0.25, -0.2) is 4.39 Å². The van der Waals surface area contributed by atoms with Crippen molar-refractivity contribution in [3.8, 4) is 0 Å². The highest BCUT2D eigenvalue weighted by atomic mass is 19.1. The number of hydrogen-bond donors (Lipinski definition) is 4. The summed E-state index contributed by atoms with van der Waals surface area (Å²) in [6, 6.07) is -5.32. The number of amides is 2. The number of carbonyl (C=O) groups excluding carboxylic acids is 2. The van der Waals surface area contributed by atoms with Crippen LogP contribution < -0.4 is 21.3 Å². The van der Waals surface area contributed by atoms with Crippen molar-refractivity contribution in [1.82, 2.24) is 21.3 Å². The molecule has 1 aromatic carbocycles. The van der Waals surface area contributed by atoms with Crippen LogP contribution in [0, 0.1) is 11.2 Å². The molecule has 0 aliphatic carbocycles. The average Bonchev–Trinajstić information content (AvgIpc) is 3.09. The second-order valence-electron chi connectivity index (χ2n) is 6.85. The van der Waals surface area contributed by atoms with Gasteiger partial charge in [0.25, 0.3) is 11.8 Å². The Morgan fingerprint density at radius 1 is 1.19 bits per heavy atom. The lowest BCUT2D eigenvalue weighted by Crippen LogP contribution is -2.49. The normalized spacial score (nSPS) is 25.2.